The molecule has 0 bridgehead atoms. The third kappa shape index (κ3) is 4220. The quantitative estimate of drug-likeness (QED) is 0.0737. The molecule has 0 aliphatic carbocycles. The molecule has 0 unspecified atom stereocenters. The van der Waals surface area contributed by atoms with Gasteiger partial charge in [0, 0.05) is 52.4 Å². The number of nitrogens with two attached hydrogens (primary N) is 8. The Bertz CT molecular complexity index is 299. The van der Waals surface area contributed by atoms with Gasteiger partial charge in [0.05, 0.1) is 0 Å². The van der Waals surface area contributed by atoms with Crippen molar-refractivity contribution in [1.82, 2.24) is 0 Å². The maximum Gasteiger partial charge on any atom is 3.00 e. The average molecular weight is 924 g/mol. The maximum absolute atomic E-state index is 8.62. The second-order valence-electron chi connectivity index (χ2n) is 3.36. The van der Waals surface area contributed by atoms with Crippen LogP contribution in [-0.4, -0.2) is 52.4 Å². The van der Waals surface area contributed by atoms with Gasteiger partial charge in [-0.05, 0) is 0 Å². The summed E-state index contributed by atoms with van der Waals surface area (Å²) in [5.41, 5.74) is 39.2. The topological polar surface area (TPSA) is 603 Å². The fourth-order valence-electron chi connectivity index (χ4n) is 0. The first-order chi connectivity index (χ1) is 17.3. The van der Waals surface area contributed by atoms with Crippen molar-refractivity contribution in [3.05, 3.63) is 40.5 Å². The van der Waals surface area contributed by atoms with Gasteiger partial charge in [-0.3, -0.25) is 27.5 Å². The van der Waals surface area contributed by atoms with E-state index in [1.165, 1.54) is 0 Å². The molecule has 0 atom stereocenters. The summed E-state index contributed by atoms with van der Waals surface area (Å²) in [6.45, 7) is 4.78. The molecule has 252 valence electrons. The molecule has 0 radical (unpaired) electrons. The molecule has 0 heterocycles. The van der Waals surface area contributed by atoms with Crippen LogP contribution in [0, 0.1) is 40.5 Å². The Kier molecular flexibility index (Phi) is 190. The standard InChI is InChI=1S/4C2H8N2.2Co.2IO4.4HNO2/c4*3-1-2-4;;;2*2-1(3,4)5;4*2-1-3/h4*1-4H2;;;;;4*(H,2,3)/q;;;;2*+3;2*-1;;;;/p-4. The number of nitrogens with zero attached hydrogens (tertiary/aromatic N) is 4. The second kappa shape index (κ2) is 98.1. The number of halogens is 2. The summed E-state index contributed by atoms with van der Waals surface area (Å²) in [5.74, 6) is 0. The van der Waals surface area contributed by atoms with Gasteiger partial charge in [-0.1, -0.05) is 0 Å². The zero-order valence-electron chi connectivity index (χ0n) is 20.0. The van der Waals surface area contributed by atoms with Gasteiger partial charge in [-0.2, -0.15) is 0 Å². The molecule has 0 fully saturated rings. The number of hydrogen-bond acceptors (Lipinski definition) is 28. The average Bonchev–Trinajstić information content (AvgIpc) is 2.79. The Balaban J connectivity index is -0.0000000218. The van der Waals surface area contributed by atoms with E-state index >= 15 is 0 Å². The minimum Gasteiger partial charge on any atom is -0.444 e. The molecular weight excluding hydrogens is 892 g/mol. The zero-order chi connectivity index (χ0) is 33.5. The molecule has 0 aromatic carbocycles. The maximum atomic E-state index is 8.62. The van der Waals surface area contributed by atoms with E-state index in [9.17, 15) is 0 Å². The molecule has 0 aliphatic heterocycles. The number of rotatable bonds is 4. The van der Waals surface area contributed by atoms with E-state index in [2.05, 4.69) is 0 Å². The summed E-state index contributed by atoms with van der Waals surface area (Å²) in [6, 6.07) is 0. The van der Waals surface area contributed by atoms with Gasteiger partial charge < -0.3 is 86.3 Å². The fraction of sp³-hybridized carbons (Fsp3) is 1.00. The first kappa shape index (κ1) is 77.4. The van der Waals surface area contributed by atoms with Crippen LogP contribution in [0.5, 0.6) is 0 Å². The minimum absolute atomic E-state index is 0. The third-order valence-corrected chi connectivity index (χ3v) is 0.667. The molecule has 0 saturated heterocycles. The van der Waals surface area contributed by atoms with Gasteiger partial charge in [0.15, 0.2) is 0 Å². The molecule has 0 aliphatic rings. The van der Waals surface area contributed by atoms with Crippen LogP contribution < -0.4 is 114 Å². The van der Waals surface area contributed by atoms with E-state index in [1.54, 1.807) is 0 Å². The van der Waals surface area contributed by atoms with E-state index in [4.69, 9.17) is 114 Å². The molecule has 0 saturated carbocycles. The SMILES string of the molecule is NCCN.NCCN.NCCN.NCCN.O=N[O-].O=N[O-].O=N[O-].O=N[O-].[Co+3].[Co+3].[O-][I+3]([O-])([O-])[O-].[O-][I+3]([O-])([O-])[O-]. The largest absolute Gasteiger partial charge is 3.00 e. The van der Waals surface area contributed by atoms with Crippen LogP contribution in [0.4, 0.5) is 0 Å². The van der Waals surface area contributed by atoms with Gasteiger partial charge in [-0.25, -0.2) is 0 Å². The van der Waals surface area contributed by atoms with Crippen molar-refractivity contribution >= 4 is 0 Å². The molecule has 28 nitrogen and oxygen atoms in total. The van der Waals surface area contributed by atoms with Crippen molar-refractivity contribution in [3.8, 4) is 0 Å². The Labute approximate surface area is 260 Å². The first-order valence-corrected chi connectivity index (χ1v) is 15.0. The summed E-state index contributed by atoms with van der Waals surface area (Å²) in [5, 5.41) is 36.0. The fourth-order valence-corrected chi connectivity index (χ4v) is 0. The van der Waals surface area contributed by atoms with Crippen molar-refractivity contribution in [2.24, 2.45) is 67.2 Å². The molecule has 0 rings (SSSR count). The van der Waals surface area contributed by atoms with Gasteiger partial charge in [0.25, 0.3) is 0 Å². The van der Waals surface area contributed by atoms with Crippen LogP contribution in [0.15, 0.2) is 21.4 Å². The summed E-state index contributed by atoms with van der Waals surface area (Å²) < 4.78 is 68.9. The van der Waals surface area contributed by atoms with Gasteiger partial charge >= 0.3 is 33.6 Å². The Hall–Kier alpha value is -0.567. The third-order valence-electron chi connectivity index (χ3n) is 0.667. The van der Waals surface area contributed by atoms with Crippen molar-refractivity contribution in [3.63, 3.8) is 0 Å². The summed E-state index contributed by atoms with van der Waals surface area (Å²) in [7, 11) is 0. The molecule has 40 heavy (non-hydrogen) atoms. The summed E-state index contributed by atoms with van der Waals surface area (Å²) in [6.07, 6.45) is 0. The van der Waals surface area contributed by atoms with Gasteiger partial charge in [-0.15, -0.1) is 21.4 Å². The molecule has 0 aromatic heterocycles. The van der Waals surface area contributed by atoms with Crippen LogP contribution in [0.3, 0.4) is 0 Å². The van der Waals surface area contributed by atoms with Crippen molar-refractivity contribution in [2.45, 2.75) is 0 Å². The van der Waals surface area contributed by atoms with E-state index in [0.717, 1.165) is 21.4 Å². The van der Waals surface area contributed by atoms with Crippen molar-refractivity contribution in [2.75, 3.05) is 52.4 Å². The van der Waals surface area contributed by atoms with E-state index in [-0.39, 0.29) is 33.6 Å². The van der Waals surface area contributed by atoms with Crippen LogP contribution in [0.1, 0.15) is 0 Å². The predicted molar refractivity (Wildman–Crippen MR) is 109 cm³/mol. The molecule has 16 N–H and O–H groups in total. The smallest absolute Gasteiger partial charge is 0.444 e. The van der Waals surface area contributed by atoms with Crippen LogP contribution >= 0.6 is 0 Å². The summed E-state index contributed by atoms with van der Waals surface area (Å²) >= 11 is -11.9. The Morgan fingerprint density at radius 2 is 0.375 bits per heavy atom. The van der Waals surface area contributed by atoms with Crippen molar-refractivity contribution in [1.29, 1.82) is 0 Å². The van der Waals surface area contributed by atoms with Crippen molar-refractivity contribution < 1.29 is 101 Å². The van der Waals surface area contributed by atoms with Crippen LogP contribution in [-0.2, 0) is 33.6 Å². The normalized spacial score (nSPS) is 7.20. The zero-order valence-corrected chi connectivity index (χ0v) is 26.4. The van der Waals surface area contributed by atoms with Crippen LogP contribution in [0.25, 0.3) is 0 Å². The Morgan fingerprint density at radius 1 is 0.350 bits per heavy atom. The Morgan fingerprint density at radius 3 is 0.375 bits per heavy atom. The first-order valence-electron chi connectivity index (χ1n) is 7.96. The van der Waals surface area contributed by atoms with Gasteiger partial charge in [0.2, 0.25) is 0 Å². The predicted octanol–water partition coefficient (Wildman–Crippen LogP) is -18.9. The molecule has 0 spiro atoms. The number of hydrogen-bond donors (Lipinski definition) is 8. The molecule has 32 heteroatoms. The van der Waals surface area contributed by atoms with E-state index in [1.807, 2.05) is 0 Å². The molecular formula is C8H32Co2I2N12O16. The molecule has 0 aromatic rings. The van der Waals surface area contributed by atoms with E-state index < -0.39 is 40.2 Å². The van der Waals surface area contributed by atoms with Crippen LogP contribution in [0.2, 0.25) is 0 Å². The monoisotopic (exact) mass is 924 g/mol. The van der Waals surface area contributed by atoms with Gasteiger partial charge in [0.1, 0.15) is 40.2 Å². The second-order valence-corrected chi connectivity index (χ2v) is 7.68. The minimum atomic E-state index is -5.94. The summed E-state index contributed by atoms with van der Waals surface area (Å²) in [4.78, 5) is 32.0. The van der Waals surface area contributed by atoms with E-state index in [0.29, 0.717) is 52.4 Å². The molecule has 0 amide bonds.